The van der Waals surface area contributed by atoms with E-state index in [2.05, 4.69) is 5.32 Å². The highest BCUT2D eigenvalue weighted by Crippen LogP contribution is 2.38. The standard InChI is InChI=1S/C20H19N3O4/c1-22-16-11-23(13-4-3-5-14(24)10-13)19(25)17(16)18(21-20(22)26)12-6-8-15(27-2)9-7-12/h3-10,18,24H,11H2,1-2H3,(H,21,26)/t18-/m0/s1. The van der Waals surface area contributed by atoms with Crippen molar-refractivity contribution in [1.29, 1.82) is 0 Å². The summed E-state index contributed by atoms with van der Waals surface area (Å²) >= 11 is 0. The zero-order valence-corrected chi connectivity index (χ0v) is 15.0. The van der Waals surface area contributed by atoms with E-state index >= 15 is 0 Å². The van der Waals surface area contributed by atoms with Gasteiger partial charge in [-0.25, -0.2) is 4.79 Å². The Hall–Kier alpha value is -3.48. The molecule has 0 radical (unpaired) electrons. The first-order chi connectivity index (χ1) is 13.0. The molecule has 7 nitrogen and oxygen atoms in total. The normalized spacial score (nSPS) is 19.3. The van der Waals surface area contributed by atoms with Gasteiger partial charge in [0.2, 0.25) is 0 Å². The lowest BCUT2D eigenvalue weighted by Crippen LogP contribution is -2.45. The van der Waals surface area contributed by atoms with Crippen molar-refractivity contribution in [3.63, 3.8) is 0 Å². The van der Waals surface area contributed by atoms with E-state index in [-0.39, 0.29) is 24.2 Å². The van der Waals surface area contributed by atoms with Crippen LogP contribution in [0.2, 0.25) is 0 Å². The van der Waals surface area contributed by atoms with Crippen molar-refractivity contribution in [1.82, 2.24) is 10.2 Å². The van der Waals surface area contributed by atoms with Crippen LogP contribution in [0.1, 0.15) is 11.6 Å². The number of methoxy groups -OCH3 is 1. The highest BCUT2D eigenvalue weighted by atomic mass is 16.5. The Bertz CT molecular complexity index is 952. The van der Waals surface area contributed by atoms with E-state index in [1.54, 1.807) is 49.4 Å². The number of ether oxygens (including phenoxy) is 1. The minimum atomic E-state index is -0.538. The van der Waals surface area contributed by atoms with Crippen LogP contribution in [0.3, 0.4) is 0 Å². The van der Waals surface area contributed by atoms with Gasteiger partial charge in [0.25, 0.3) is 5.91 Å². The van der Waals surface area contributed by atoms with Crippen molar-refractivity contribution in [3.8, 4) is 11.5 Å². The van der Waals surface area contributed by atoms with Crippen LogP contribution in [0.4, 0.5) is 10.5 Å². The van der Waals surface area contributed by atoms with E-state index in [1.807, 2.05) is 12.1 Å². The SMILES string of the molecule is COc1ccc([C@@H]2NC(=O)N(C)C3=C2C(=O)N(c2cccc(O)c2)C3)cc1. The molecule has 0 saturated heterocycles. The number of carbonyl (C=O) groups is 2. The van der Waals surface area contributed by atoms with Gasteiger partial charge >= 0.3 is 6.03 Å². The van der Waals surface area contributed by atoms with E-state index in [0.29, 0.717) is 22.7 Å². The molecule has 27 heavy (non-hydrogen) atoms. The van der Waals surface area contributed by atoms with Crippen molar-refractivity contribution in [2.24, 2.45) is 0 Å². The monoisotopic (exact) mass is 365 g/mol. The number of urea groups is 1. The molecule has 1 atom stereocenters. The Morgan fingerprint density at radius 3 is 2.56 bits per heavy atom. The van der Waals surface area contributed by atoms with Crippen LogP contribution in [0.25, 0.3) is 0 Å². The smallest absolute Gasteiger partial charge is 0.322 e. The molecule has 0 bridgehead atoms. The second-order valence-electron chi connectivity index (χ2n) is 6.49. The summed E-state index contributed by atoms with van der Waals surface area (Å²) in [5.41, 5.74) is 2.58. The number of anilines is 1. The zero-order valence-electron chi connectivity index (χ0n) is 15.0. The van der Waals surface area contributed by atoms with E-state index in [0.717, 1.165) is 5.56 Å². The summed E-state index contributed by atoms with van der Waals surface area (Å²) in [6.07, 6.45) is 0. The van der Waals surface area contributed by atoms with Crippen LogP contribution < -0.4 is 15.0 Å². The minimum absolute atomic E-state index is 0.0828. The van der Waals surface area contributed by atoms with Gasteiger partial charge in [-0.15, -0.1) is 0 Å². The van der Waals surface area contributed by atoms with E-state index < -0.39 is 6.04 Å². The molecule has 138 valence electrons. The highest BCUT2D eigenvalue weighted by molar-refractivity contribution is 6.11. The molecule has 2 N–H and O–H groups in total. The first kappa shape index (κ1) is 17.0. The molecule has 0 saturated carbocycles. The number of aromatic hydroxyl groups is 1. The van der Waals surface area contributed by atoms with Crippen LogP contribution in [-0.2, 0) is 4.79 Å². The van der Waals surface area contributed by atoms with Crippen molar-refractivity contribution in [3.05, 3.63) is 65.4 Å². The molecule has 0 spiro atoms. The van der Waals surface area contributed by atoms with Gasteiger partial charge in [-0.1, -0.05) is 18.2 Å². The lowest BCUT2D eigenvalue weighted by molar-refractivity contribution is -0.114. The first-order valence-electron chi connectivity index (χ1n) is 8.51. The van der Waals surface area contributed by atoms with Crippen molar-refractivity contribution < 1.29 is 19.4 Å². The van der Waals surface area contributed by atoms with Gasteiger partial charge in [0, 0.05) is 18.8 Å². The van der Waals surface area contributed by atoms with E-state index in [9.17, 15) is 14.7 Å². The number of hydrogen-bond donors (Lipinski definition) is 2. The van der Waals surface area contributed by atoms with Crippen LogP contribution in [-0.4, -0.2) is 42.6 Å². The Balaban J connectivity index is 1.74. The minimum Gasteiger partial charge on any atom is -0.508 e. The topological polar surface area (TPSA) is 82.1 Å². The van der Waals surface area contributed by atoms with Crippen molar-refractivity contribution in [2.75, 3.05) is 25.6 Å². The third kappa shape index (κ3) is 2.77. The maximum Gasteiger partial charge on any atom is 0.322 e. The number of nitrogens with zero attached hydrogens (tertiary/aromatic N) is 2. The molecular formula is C20H19N3O4. The molecule has 0 aromatic heterocycles. The average molecular weight is 365 g/mol. The molecule has 2 aromatic carbocycles. The van der Waals surface area contributed by atoms with Gasteiger partial charge in [-0.05, 0) is 29.8 Å². The molecule has 0 fully saturated rings. The lowest BCUT2D eigenvalue weighted by atomic mass is 9.95. The fraction of sp³-hybridized carbons (Fsp3) is 0.200. The number of phenolic OH excluding ortho intramolecular Hbond substituents is 1. The summed E-state index contributed by atoms with van der Waals surface area (Å²) in [6, 6.07) is 13.0. The number of likely N-dealkylation sites (N-methyl/N-ethyl adjacent to an activating group) is 1. The van der Waals surface area contributed by atoms with Gasteiger partial charge in [0.1, 0.15) is 11.5 Å². The zero-order chi connectivity index (χ0) is 19.1. The first-order valence-corrected chi connectivity index (χ1v) is 8.51. The number of nitrogens with one attached hydrogen (secondary N) is 1. The summed E-state index contributed by atoms with van der Waals surface area (Å²) in [6.45, 7) is 0.272. The summed E-state index contributed by atoms with van der Waals surface area (Å²) in [5, 5.41) is 12.6. The Morgan fingerprint density at radius 2 is 1.89 bits per heavy atom. The fourth-order valence-corrected chi connectivity index (χ4v) is 3.48. The maximum absolute atomic E-state index is 13.2. The number of rotatable bonds is 3. The second-order valence-corrected chi connectivity index (χ2v) is 6.49. The molecule has 0 aliphatic carbocycles. The number of phenols is 1. The van der Waals surface area contributed by atoms with Gasteiger partial charge in [-0.3, -0.25) is 9.69 Å². The molecule has 2 aliphatic rings. The molecular weight excluding hydrogens is 346 g/mol. The molecule has 7 heteroatoms. The van der Waals surface area contributed by atoms with Gasteiger partial charge in [0.05, 0.1) is 31.0 Å². The maximum atomic E-state index is 13.2. The predicted molar refractivity (Wildman–Crippen MR) is 99.5 cm³/mol. The Kier molecular flexibility index (Phi) is 3.99. The molecule has 2 heterocycles. The predicted octanol–water partition coefficient (Wildman–Crippen LogP) is 2.40. The largest absolute Gasteiger partial charge is 0.508 e. The summed E-state index contributed by atoms with van der Waals surface area (Å²) in [7, 11) is 3.23. The van der Waals surface area contributed by atoms with Crippen LogP contribution in [0.5, 0.6) is 11.5 Å². The van der Waals surface area contributed by atoms with E-state index in [4.69, 9.17) is 4.74 Å². The summed E-state index contributed by atoms with van der Waals surface area (Å²) in [4.78, 5) is 28.7. The van der Waals surface area contributed by atoms with E-state index in [1.165, 1.54) is 11.0 Å². The molecule has 2 aromatic rings. The third-order valence-corrected chi connectivity index (χ3v) is 4.95. The second kappa shape index (κ2) is 6.35. The molecule has 0 unspecified atom stereocenters. The van der Waals surface area contributed by atoms with Crippen molar-refractivity contribution in [2.45, 2.75) is 6.04 Å². The number of benzene rings is 2. The van der Waals surface area contributed by atoms with Crippen LogP contribution in [0.15, 0.2) is 59.8 Å². The Morgan fingerprint density at radius 1 is 1.15 bits per heavy atom. The quantitative estimate of drug-likeness (QED) is 0.875. The average Bonchev–Trinajstić information content (AvgIpc) is 3.02. The fourth-order valence-electron chi connectivity index (χ4n) is 3.48. The number of hydrogen-bond acceptors (Lipinski definition) is 4. The van der Waals surface area contributed by atoms with Crippen LogP contribution >= 0.6 is 0 Å². The number of carbonyl (C=O) groups excluding carboxylic acids is 2. The van der Waals surface area contributed by atoms with Gasteiger partial charge in [0.15, 0.2) is 0 Å². The third-order valence-electron chi connectivity index (χ3n) is 4.95. The molecule has 3 amide bonds. The number of amides is 3. The van der Waals surface area contributed by atoms with Gasteiger partial charge < -0.3 is 20.1 Å². The highest BCUT2D eigenvalue weighted by Gasteiger charge is 2.43. The molecule has 2 aliphatic heterocycles. The van der Waals surface area contributed by atoms with Crippen LogP contribution in [0, 0.1) is 0 Å². The lowest BCUT2D eigenvalue weighted by Gasteiger charge is -2.31. The summed E-state index contributed by atoms with van der Waals surface area (Å²) in [5.74, 6) is 0.592. The molecule has 4 rings (SSSR count). The Labute approximate surface area is 156 Å². The summed E-state index contributed by atoms with van der Waals surface area (Å²) < 4.78 is 5.18. The van der Waals surface area contributed by atoms with Crippen molar-refractivity contribution >= 4 is 17.6 Å². The van der Waals surface area contributed by atoms with Gasteiger partial charge in [-0.2, -0.15) is 0 Å².